The predicted molar refractivity (Wildman–Crippen MR) is 144 cm³/mol. The minimum atomic E-state index is -0.378. The SMILES string of the molecule is CCOC(=O)N1CCC(C2(C3CCN(c4ccc5c(C6CCC(=O)NC6=O)nn(C)c5c4)CC3)CC2)CC1. The third-order valence-corrected chi connectivity index (χ3v) is 9.77. The van der Waals surface area contributed by atoms with Gasteiger partial charge in [-0.15, -0.1) is 0 Å². The van der Waals surface area contributed by atoms with Crippen molar-refractivity contribution in [2.75, 3.05) is 37.7 Å². The van der Waals surface area contributed by atoms with Crippen molar-refractivity contribution in [3.05, 3.63) is 23.9 Å². The van der Waals surface area contributed by atoms with Gasteiger partial charge in [-0.2, -0.15) is 5.10 Å². The molecule has 1 atom stereocenters. The largest absolute Gasteiger partial charge is 0.450 e. The average Bonchev–Trinajstić information content (AvgIpc) is 3.68. The molecule has 0 bridgehead atoms. The number of carbonyl (C=O) groups excluding carboxylic acids is 3. The fourth-order valence-corrected chi connectivity index (χ4v) is 7.54. The van der Waals surface area contributed by atoms with Gasteiger partial charge in [0.2, 0.25) is 11.8 Å². The molecule has 0 radical (unpaired) electrons. The van der Waals surface area contributed by atoms with Gasteiger partial charge in [-0.05, 0) is 87.3 Å². The monoisotopic (exact) mass is 521 g/mol. The number of carbonyl (C=O) groups is 3. The molecular weight excluding hydrogens is 482 g/mol. The van der Waals surface area contributed by atoms with Crippen molar-refractivity contribution in [3.63, 3.8) is 0 Å². The van der Waals surface area contributed by atoms with E-state index >= 15 is 0 Å². The van der Waals surface area contributed by atoms with Gasteiger partial charge in [-0.25, -0.2) is 4.79 Å². The highest BCUT2D eigenvalue weighted by atomic mass is 16.6. The molecule has 6 rings (SSSR count). The number of hydrogen-bond acceptors (Lipinski definition) is 6. The van der Waals surface area contributed by atoms with Crippen LogP contribution in [0, 0.1) is 17.3 Å². The van der Waals surface area contributed by atoms with Crippen molar-refractivity contribution in [2.45, 2.75) is 64.2 Å². The van der Waals surface area contributed by atoms with Crippen molar-refractivity contribution in [2.24, 2.45) is 24.3 Å². The molecule has 38 heavy (non-hydrogen) atoms. The number of benzene rings is 1. The fourth-order valence-electron chi connectivity index (χ4n) is 7.54. The summed E-state index contributed by atoms with van der Waals surface area (Å²) in [5, 5.41) is 8.16. The van der Waals surface area contributed by atoms with Crippen molar-refractivity contribution in [1.82, 2.24) is 20.0 Å². The summed E-state index contributed by atoms with van der Waals surface area (Å²) in [5.74, 6) is 0.663. The lowest BCUT2D eigenvalue weighted by Crippen LogP contribution is -2.44. The lowest BCUT2D eigenvalue weighted by atomic mass is 9.70. The fraction of sp³-hybridized carbons (Fsp3) is 0.655. The lowest BCUT2D eigenvalue weighted by Gasteiger charge is -2.43. The van der Waals surface area contributed by atoms with Gasteiger partial charge in [-0.3, -0.25) is 19.6 Å². The molecular formula is C29H39N5O4. The number of nitrogens with one attached hydrogen (secondary N) is 1. The van der Waals surface area contributed by atoms with Crippen LogP contribution in [0.5, 0.6) is 0 Å². The maximum atomic E-state index is 12.5. The van der Waals surface area contributed by atoms with E-state index in [0.717, 1.165) is 67.5 Å². The normalized spacial score (nSPS) is 24.5. The van der Waals surface area contributed by atoms with E-state index in [1.54, 1.807) is 0 Å². The van der Waals surface area contributed by atoms with E-state index in [2.05, 4.69) is 28.4 Å². The van der Waals surface area contributed by atoms with Gasteiger partial charge in [0.15, 0.2) is 0 Å². The number of piperidine rings is 3. The van der Waals surface area contributed by atoms with Crippen LogP contribution >= 0.6 is 0 Å². The molecule has 1 unspecified atom stereocenters. The second-order valence-corrected chi connectivity index (χ2v) is 11.7. The Morgan fingerprint density at radius 1 is 1.05 bits per heavy atom. The van der Waals surface area contributed by atoms with Gasteiger partial charge in [0, 0.05) is 50.7 Å². The summed E-state index contributed by atoms with van der Waals surface area (Å²) in [6.45, 7) is 6.07. The van der Waals surface area contributed by atoms with E-state index in [9.17, 15) is 14.4 Å². The molecule has 1 aliphatic carbocycles. The van der Waals surface area contributed by atoms with Crippen LogP contribution in [0.2, 0.25) is 0 Å². The third kappa shape index (κ3) is 4.43. The van der Waals surface area contributed by atoms with E-state index in [4.69, 9.17) is 9.84 Å². The molecule has 9 nitrogen and oxygen atoms in total. The minimum Gasteiger partial charge on any atom is -0.450 e. The summed E-state index contributed by atoms with van der Waals surface area (Å²) in [6, 6.07) is 6.47. The zero-order valence-corrected chi connectivity index (χ0v) is 22.6. The van der Waals surface area contributed by atoms with E-state index in [-0.39, 0.29) is 23.8 Å². The number of nitrogens with zero attached hydrogens (tertiary/aromatic N) is 4. The highest BCUT2D eigenvalue weighted by Gasteiger charge is 2.55. The molecule has 2 aromatic rings. The minimum absolute atomic E-state index is 0.154. The number of aryl methyl sites for hydroxylation is 1. The molecule has 1 aromatic heterocycles. The number of fused-ring (bicyclic) bond motifs is 1. The molecule has 9 heteroatoms. The van der Waals surface area contributed by atoms with Gasteiger partial charge < -0.3 is 14.5 Å². The molecule has 3 saturated heterocycles. The Kier molecular flexibility index (Phi) is 6.56. The van der Waals surface area contributed by atoms with Crippen molar-refractivity contribution >= 4 is 34.5 Å². The number of likely N-dealkylation sites (tertiary alicyclic amines) is 1. The Bertz CT molecular complexity index is 1240. The molecule has 4 aliphatic rings. The van der Waals surface area contributed by atoms with E-state index in [1.165, 1.54) is 31.4 Å². The van der Waals surface area contributed by atoms with Crippen LogP contribution in [0.25, 0.3) is 10.9 Å². The topological polar surface area (TPSA) is 96.8 Å². The quantitative estimate of drug-likeness (QED) is 0.599. The van der Waals surface area contributed by atoms with Crippen LogP contribution in [-0.2, 0) is 21.4 Å². The zero-order chi connectivity index (χ0) is 26.4. The van der Waals surface area contributed by atoms with Crippen molar-refractivity contribution in [3.8, 4) is 0 Å². The first-order valence-electron chi connectivity index (χ1n) is 14.4. The van der Waals surface area contributed by atoms with Crippen LogP contribution < -0.4 is 10.2 Å². The first kappa shape index (κ1) is 25.2. The van der Waals surface area contributed by atoms with E-state index < -0.39 is 0 Å². The molecule has 204 valence electrons. The van der Waals surface area contributed by atoms with Gasteiger partial charge in [0.25, 0.3) is 0 Å². The molecule has 3 amide bonds. The summed E-state index contributed by atoms with van der Waals surface area (Å²) < 4.78 is 7.08. The third-order valence-electron chi connectivity index (χ3n) is 9.77. The molecule has 4 fully saturated rings. The number of hydrogen-bond donors (Lipinski definition) is 1. The second-order valence-electron chi connectivity index (χ2n) is 11.7. The van der Waals surface area contributed by atoms with Gasteiger partial charge in [0.05, 0.1) is 23.7 Å². The van der Waals surface area contributed by atoms with Gasteiger partial charge >= 0.3 is 6.09 Å². The number of amides is 3. The Morgan fingerprint density at radius 2 is 1.74 bits per heavy atom. The predicted octanol–water partition coefficient (Wildman–Crippen LogP) is 3.96. The first-order valence-corrected chi connectivity index (χ1v) is 14.4. The summed E-state index contributed by atoms with van der Waals surface area (Å²) in [7, 11) is 1.93. The Hall–Kier alpha value is -3.10. The highest BCUT2D eigenvalue weighted by Crippen LogP contribution is 2.62. The lowest BCUT2D eigenvalue weighted by molar-refractivity contribution is -0.134. The number of rotatable bonds is 5. The van der Waals surface area contributed by atoms with E-state index in [1.807, 2.05) is 23.6 Å². The standard InChI is InChI=1S/C29H39N5O4/c1-3-38-28(37)34-16-10-20(11-17-34)29(12-13-29)19-8-14-33(15-9-19)21-4-5-22-24(18-21)32(2)31-26(22)23-6-7-25(35)30-27(23)36/h4-5,18-20,23H,3,6-17H2,1-2H3,(H,30,35,36). The summed E-state index contributed by atoms with van der Waals surface area (Å²) >= 11 is 0. The van der Waals surface area contributed by atoms with Gasteiger partial charge in [-0.1, -0.05) is 0 Å². The number of imide groups is 1. The van der Waals surface area contributed by atoms with Crippen molar-refractivity contribution in [1.29, 1.82) is 0 Å². The molecule has 1 aromatic carbocycles. The van der Waals surface area contributed by atoms with Crippen molar-refractivity contribution < 1.29 is 19.1 Å². The average molecular weight is 522 g/mol. The summed E-state index contributed by atoms with van der Waals surface area (Å²) in [5.41, 5.74) is 3.48. The van der Waals surface area contributed by atoms with Gasteiger partial charge in [0.1, 0.15) is 0 Å². The maximum Gasteiger partial charge on any atom is 0.409 e. The first-order chi connectivity index (χ1) is 18.4. The Balaban J connectivity index is 1.10. The number of anilines is 1. The summed E-state index contributed by atoms with van der Waals surface area (Å²) in [4.78, 5) is 40.6. The highest BCUT2D eigenvalue weighted by molar-refractivity contribution is 6.02. The molecule has 1 N–H and O–H groups in total. The number of aromatic nitrogens is 2. The summed E-state index contributed by atoms with van der Waals surface area (Å²) in [6.07, 6.45) is 8.02. The van der Waals surface area contributed by atoms with Crippen LogP contribution in [-0.4, -0.2) is 65.4 Å². The smallest absolute Gasteiger partial charge is 0.409 e. The van der Waals surface area contributed by atoms with Crippen LogP contribution in [0.3, 0.4) is 0 Å². The number of ether oxygens (including phenoxy) is 1. The molecule has 0 spiro atoms. The molecule has 1 saturated carbocycles. The maximum absolute atomic E-state index is 12.5. The van der Waals surface area contributed by atoms with Crippen LogP contribution in [0.4, 0.5) is 10.5 Å². The molecule has 4 heterocycles. The Morgan fingerprint density at radius 3 is 2.37 bits per heavy atom. The Labute approximate surface area is 223 Å². The zero-order valence-electron chi connectivity index (χ0n) is 22.6. The molecule has 3 aliphatic heterocycles. The van der Waals surface area contributed by atoms with Crippen LogP contribution in [0.15, 0.2) is 18.2 Å². The van der Waals surface area contributed by atoms with Crippen LogP contribution in [0.1, 0.15) is 69.9 Å². The second kappa shape index (κ2) is 9.89. The van der Waals surface area contributed by atoms with E-state index in [0.29, 0.717) is 24.9 Å².